The molecule has 21 nitrogen and oxygen atoms in total. The minimum absolute atomic E-state index is 0.0711. The molecule has 0 fully saturated rings. The molecule has 6 N–H and O–H groups in total. The van der Waals surface area contributed by atoms with Crippen LogP contribution in [0.3, 0.4) is 0 Å². The van der Waals surface area contributed by atoms with E-state index >= 15 is 0 Å². The van der Waals surface area contributed by atoms with Crippen molar-refractivity contribution in [2.24, 2.45) is 5.73 Å². The number of phenols is 1. The van der Waals surface area contributed by atoms with Crippen molar-refractivity contribution in [2.75, 3.05) is 28.4 Å². The molecule has 100 heavy (non-hydrogen) atoms. The highest BCUT2D eigenvalue weighted by Crippen LogP contribution is 2.39. The zero-order chi connectivity index (χ0) is 74.1. The van der Waals surface area contributed by atoms with Gasteiger partial charge in [-0.25, -0.2) is 28.8 Å². The third kappa shape index (κ3) is 30.0. The lowest BCUT2D eigenvalue weighted by molar-refractivity contribution is -0.143. The lowest BCUT2D eigenvalue weighted by Gasteiger charge is -2.36. The van der Waals surface area contributed by atoms with Crippen LogP contribution in [0.4, 0.5) is 14.4 Å². The van der Waals surface area contributed by atoms with Crippen molar-refractivity contribution in [2.45, 2.75) is 154 Å². The van der Waals surface area contributed by atoms with Gasteiger partial charge in [-0.15, -0.1) is 0 Å². The van der Waals surface area contributed by atoms with Gasteiger partial charge in [0.05, 0.1) is 28.4 Å². The van der Waals surface area contributed by atoms with Gasteiger partial charge in [0.15, 0.2) is 0 Å². The van der Waals surface area contributed by atoms with Gasteiger partial charge in [0.2, 0.25) is 16.6 Å². The van der Waals surface area contributed by atoms with Crippen LogP contribution in [0.2, 0.25) is 36.3 Å². The summed E-state index contributed by atoms with van der Waals surface area (Å²) in [6, 6.07) is 54.3. The SMILES string of the molecule is COC(=O)C(Cc1cccc(C)c1)NC(=O)OCc1ccccc1.COC(=O)C(Cc1cccc(O)c1)NC(=O)OCc1ccccc1.COC(=O)C(Cc1cccc(O[Si](C)(C)C(C)(C)C)c1)NC(=O)OCc1ccccc1.COC(=O)C(N)Cc1cccc(O[Si](C)(C)C(C)(C)C)c1. The number of nitrogens with one attached hydrogen (secondary N) is 3. The minimum atomic E-state index is -1.99. The van der Waals surface area contributed by atoms with Gasteiger partial charge in [-0.1, -0.05) is 199 Å². The third-order valence-electron chi connectivity index (χ3n) is 16.4. The molecule has 23 heteroatoms. The molecule has 7 aromatic rings. The van der Waals surface area contributed by atoms with E-state index in [1.54, 1.807) is 12.1 Å². The average molecular weight is 1410 g/mol. The summed E-state index contributed by atoms with van der Waals surface area (Å²) in [7, 11) is 1.33. The summed E-state index contributed by atoms with van der Waals surface area (Å²) in [6.07, 6.45) is -0.802. The summed E-state index contributed by atoms with van der Waals surface area (Å²) in [5.41, 5.74) is 12.9. The maximum absolute atomic E-state index is 12.3. The van der Waals surface area contributed by atoms with Gasteiger partial charge in [0.25, 0.3) is 0 Å². The molecule has 0 saturated carbocycles. The molecule has 7 rings (SSSR count). The van der Waals surface area contributed by atoms with Crippen LogP contribution in [0.5, 0.6) is 17.2 Å². The largest absolute Gasteiger partial charge is 0.543 e. The van der Waals surface area contributed by atoms with Gasteiger partial charge < -0.3 is 68.8 Å². The quantitative estimate of drug-likeness (QED) is 0.0202. The molecule has 538 valence electrons. The Morgan fingerprint density at radius 1 is 0.390 bits per heavy atom. The van der Waals surface area contributed by atoms with Crippen LogP contribution in [-0.2, 0) is 97.8 Å². The maximum atomic E-state index is 12.3. The van der Waals surface area contributed by atoms with E-state index in [2.05, 4.69) is 88.4 Å². The molecule has 7 aromatic carbocycles. The molecule has 0 heterocycles. The van der Waals surface area contributed by atoms with Crippen LogP contribution in [0.15, 0.2) is 188 Å². The first-order valence-electron chi connectivity index (χ1n) is 32.6. The third-order valence-corrected chi connectivity index (χ3v) is 25.1. The van der Waals surface area contributed by atoms with Crippen molar-refractivity contribution in [1.29, 1.82) is 0 Å². The van der Waals surface area contributed by atoms with Crippen LogP contribution in [-0.4, -0.2) is 117 Å². The number of rotatable bonds is 25. The lowest BCUT2D eigenvalue weighted by atomic mass is 10.0. The molecular formula is C77H100N4O17Si2. The van der Waals surface area contributed by atoms with E-state index in [1.807, 2.05) is 171 Å². The number of carbonyl (C=O) groups is 7. The number of hydrogen-bond donors (Lipinski definition) is 5. The number of amides is 3. The highest BCUT2D eigenvalue weighted by Gasteiger charge is 2.40. The topological polar surface area (TPSA) is 285 Å². The number of aromatic hydroxyl groups is 1. The summed E-state index contributed by atoms with van der Waals surface area (Å²) < 4.78 is 47.1. The first-order valence-corrected chi connectivity index (χ1v) is 38.4. The Bertz CT molecular complexity index is 3580. The van der Waals surface area contributed by atoms with E-state index in [9.17, 15) is 38.7 Å². The molecule has 0 spiro atoms. The van der Waals surface area contributed by atoms with Crippen molar-refractivity contribution >= 4 is 58.8 Å². The molecule has 0 aliphatic rings. The number of methoxy groups -OCH3 is 4. The van der Waals surface area contributed by atoms with Crippen LogP contribution >= 0.6 is 0 Å². The fourth-order valence-corrected chi connectivity index (χ4v) is 10.9. The predicted octanol–water partition coefficient (Wildman–Crippen LogP) is 13.6. The number of aryl methyl sites for hydroxylation is 1. The number of nitrogens with two attached hydrogens (primary N) is 1. The number of esters is 4. The number of benzene rings is 7. The first kappa shape index (κ1) is 82.4. The molecule has 0 radical (unpaired) electrons. The number of phenolic OH excluding ortho intramolecular Hbond substituents is 1. The van der Waals surface area contributed by atoms with Gasteiger partial charge in [-0.2, -0.15) is 0 Å². The zero-order valence-corrected chi connectivity index (χ0v) is 62.2. The highest BCUT2D eigenvalue weighted by atomic mass is 28.4. The standard InChI is InChI=1S/C24H33NO5Si.C19H21NO4.C18H19NO5.C16H27NO3Si/c1-24(2,3)31(5,6)30-20-14-10-13-19(15-20)16-21(22(26)28-4)25-23(27)29-17-18-11-8-7-9-12-18;1-14-7-6-10-16(11-14)12-17(18(21)23-2)20-19(22)24-13-15-8-4-3-5-9-15;1-23-17(21)16(11-14-8-5-9-15(20)10-14)19-18(22)24-12-13-6-3-2-4-7-13;1-16(2,3)21(5,6)20-13-9-7-8-12(10-13)11-14(17)15(18)19-4/h7-15,21H,16-17H2,1-6H3,(H,25,27);3-11,17H,12-13H2,1-2H3,(H,20,22);2-10,16,20H,11-12H2,1H3,(H,19,22);7-10,14H,11,17H2,1-6H3. The number of carbonyl (C=O) groups excluding carboxylic acids is 7. The molecule has 4 atom stereocenters. The molecule has 3 amide bonds. The summed E-state index contributed by atoms with van der Waals surface area (Å²) >= 11 is 0. The van der Waals surface area contributed by atoms with Crippen LogP contribution < -0.4 is 30.5 Å². The Morgan fingerprint density at radius 3 is 0.990 bits per heavy atom. The molecular weight excluding hydrogens is 1310 g/mol. The van der Waals surface area contributed by atoms with Crippen LogP contribution in [0.25, 0.3) is 0 Å². The predicted molar refractivity (Wildman–Crippen MR) is 389 cm³/mol. The molecule has 0 bridgehead atoms. The molecule has 0 aliphatic carbocycles. The summed E-state index contributed by atoms with van der Waals surface area (Å²) in [5.74, 6) is -0.334. The smallest absolute Gasteiger partial charge is 0.408 e. The molecule has 0 saturated heterocycles. The Kier molecular flexibility index (Phi) is 33.6. The van der Waals surface area contributed by atoms with Crippen LogP contribution in [0, 0.1) is 6.92 Å². The van der Waals surface area contributed by atoms with E-state index < -0.39 is 83.0 Å². The fourth-order valence-electron chi connectivity index (χ4n) is 8.81. The zero-order valence-electron chi connectivity index (χ0n) is 60.2. The second-order valence-electron chi connectivity index (χ2n) is 26.5. The molecule has 0 aromatic heterocycles. The average Bonchev–Trinajstić information content (AvgIpc) is 0.827. The van der Waals surface area contributed by atoms with Gasteiger partial charge in [-0.05, 0) is 125 Å². The fraction of sp³-hybridized carbons (Fsp3) is 0.364. The van der Waals surface area contributed by atoms with E-state index in [4.69, 9.17) is 43.0 Å². The van der Waals surface area contributed by atoms with Crippen molar-refractivity contribution in [3.8, 4) is 17.2 Å². The van der Waals surface area contributed by atoms with Crippen molar-refractivity contribution < 1.29 is 80.7 Å². The Labute approximate surface area is 591 Å². The Balaban J connectivity index is 0.000000286. The lowest BCUT2D eigenvalue weighted by Crippen LogP contribution is -2.44. The van der Waals surface area contributed by atoms with E-state index in [0.29, 0.717) is 18.4 Å². The van der Waals surface area contributed by atoms with Gasteiger partial charge in [0, 0.05) is 19.3 Å². The normalized spacial score (nSPS) is 12.2. The summed E-state index contributed by atoms with van der Waals surface area (Å²) in [5, 5.41) is 17.4. The molecule has 0 aliphatic heterocycles. The maximum Gasteiger partial charge on any atom is 0.408 e. The Hall–Kier alpha value is -9.98. The highest BCUT2D eigenvalue weighted by molar-refractivity contribution is 6.75. The van der Waals surface area contributed by atoms with E-state index in [1.165, 1.54) is 40.6 Å². The number of hydrogen-bond acceptors (Lipinski definition) is 18. The second-order valence-corrected chi connectivity index (χ2v) is 35.9. The number of alkyl carbamates (subject to hydrolysis) is 3. The Morgan fingerprint density at radius 2 is 0.680 bits per heavy atom. The summed E-state index contributed by atoms with van der Waals surface area (Å²) in [6.45, 7) is 24.3. The number of ether oxygens (including phenoxy) is 7. The van der Waals surface area contributed by atoms with Crippen LogP contribution in [0.1, 0.15) is 86.1 Å². The van der Waals surface area contributed by atoms with E-state index in [-0.39, 0.29) is 48.5 Å². The summed E-state index contributed by atoms with van der Waals surface area (Å²) in [4.78, 5) is 83.5. The van der Waals surface area contributed by atoms with Crippen molar-refractivity contribution in [3.05, 3.63) is 233 Å². The minimum Gasteiger partial charge on any atom is -0.543 e. The van der Waals surface area contributed by atoms with E-state index in [0.717, 1.165) is 50.4 Å². The van der Waals surface area contributed by atoms with Gasteiger partial charge >= 0.3 is 42.2 Å². The first-order chi connectivity index (χ1) is 47.2. The van der Waals surface area contributed by atoms with Crippen molar-refractivity contribution in [1.82, 2.24) is 16.0 Å². The molecule has 4 unspecified atom stereocenters. The monoisotopic (exact) mass is 1410 g/mol. The van der Waals surface area contributed by atoms with Gasteiger partial charge in [0.1, 0.15) is 61.2 Å². The van der Waals surface area contributed by atoms with Gasteiger partial charge in [-0.3, -0.25) is 4.79 Å². The second kappa shape index (κ2) is 40.8. The van der Waals surface area contributed by atoms with Crippen molar-refractivity contribution in [3.63, 3.8) is 0 Å².